The van der Waals surface area contributed by atoms with E-state index in [1.807, 2.05) is 6.92 Å². The van der Waals surface area contributed by atoms with Crippen molar-refractivity contribution in [3.8, 4) is 0 Å². The number of carbonyl (C=O) groups is 2. The van der Waals surface area contributed by atoms with Gasteiger partial charge in [0.2, 0.25) is 11.8 Å². The zero-order valence-electron chi connectivity index (χ0n) is 10.0. The third-order valence-corrected chi connectivity index (χ3v) is 2.11. The maximum atomic E-state index is 11.6. The molecule has 94 valence electrons. The number of amides is 2. The van der Waals surface area contributed by atoms with Crippen LogP contribution < -0.4 is 21.9 Å². The lowest BCUT2D eigenvalue weighted by atomic mass is 10.1. The highest BCUT2D eigenvalue weighted by atomic mass is 16.2. The summed E-state index contributed by atoms with van der Waals surface area (Å²) in [5.74, 6) is 4.82. The first-order valence-corrected chi connectivity index (χ1v) is 5.60. The maximum Gasteiger partial charge on any atom is 0.242 e. The predicted octanol–water partition coefficient (Wildman–Crippen LogP) is -0.739. The van der Waals surface area contributed by atoms with E-state index in [1.54, 1.807) is 0 Å². The first-order valence-electron chi connectivity index (χ1n) is 5.60. The summed E-state index contributed by atoms with van der Waals surface area (Å²) in [6.07, 6.45) is 2.35. The van der Waals surface area contributed by atoms with Crippen LogP contribution in [0.25, 0.3) is 0 Å². The predicted molar refractivity (Wildman–Crippen MR) is 62.3 cm³/mol. The summed E-state index contributed by atoms with van der Waals surface area (Å²) in [7, 11) is 0. The van der Waals surface area contributed by atoms with Crippen LogP contribution in [0.2, 0.25) is 0 Å². The van der Waals surface area contributed by atoms with Crippen molar-refractivity contribution in [1.82, 2.24) is 16.1 Å². The molecular formula is C10H22N4O2. The lowest BCUT2D eigenvalue weighted by Gasteiger charge is -2.16. The number of hydrogen-bond donors (Lipinski definition) is 4. The number of nitrogens with two attached hydrogens (primary N) is 1. The monoisotopic (exact) mass is 230 g/mol. The molecule has 0 aliphatic rings. The lowest BCUT2D eigenvalue weighted by molar-refractivity contribution is -0.128. The molecular weight excluding hydrogens is 208 g/mol. The first kappa shape index (κ1) is 14.9. The molecule has 0 saturated heterocycles. The van der Waals surface area contributed by atoms with E-state index in [0.717, 1.165) is 12.8 Å². The molecule has 0 radical (unpaired) electrons. The molecule has 0 aromatic rings. The van der Waals surface area contributed by atoms with E-state index in [-0.39, 0.29) is 11.8 Å². The van der Waals surface area contributed by atoms with Gasteiger partial charge in [-0.3, -0.25) is 20.9 Å². The minimum absolute atomic E-state index is 0.126. The summed E-state index contributed by atoms with van der Waals surface area (Å²) < 4.78 is 0. The fourth-order valence-corrected chi connectivity index (χ4v) is 1.39. The largest absolute Gasteiger partial charge is 0.355 e. The van der Waals surface area contributed by atoms with Gasteiger partial charge < -0.3 is 10.6 Å². The number of hydrogen-bond acceptors (Lipinski definition) is 4. The van der Waals surface area contributed by atoms with E-state index < -0.39 is 6.04 Å². The van der Waals surface area contributed by atoms with E-state index in [9.17, 15) is 9.59 Å². The minimum Gasteiger partial charge on any atom is -0.355 e. The smallest absolute Gasteiger partial charge is 0.242 e. The Morgan fingerprint density at radius 1 is 1.31 bits per heavy atom. The fraction of sp³-hybridized carbons (Fsp3) is 0.800. The second-order valence-electron chi connectivity index (χ2n) is 3.60. The SMILES string of the molecule is CCNC(=O)C(CCCCNN)NC(C)=O. The molecule has 2 amide bonds. The summed E-state index contributed by atoms with van der Waals surface area (Å²) in [5, 5.41) is 5.34. The highest BCUT2D eigenvalue weighted by Gasteiger charge is 2.17. The lowest BCUT2D eigenvalue weighted by Crippen LogP contribution is -2.46. The third kappa shape index (κ3) is 7.19. The van der Waals surface area contributed by atoms with Gasteiger partial charge in [-0.2, -0.15) is 0 Å². The Balaban J connectivity index is 3.99. The van der Waals surface area contributed by atoms with Gasteiger partial charge >= 0.3 is 0 Å². The van der Waals surface area contributed by atoms with Crippen LogP contribution in [0, 0.1) is 0 Å². The molecule has 0 rings (SSSR count). The van der Waals surface area contributed by atoms with Gasteiger partial charge in [-0.15, -0.1) is 0 Å². The molecule has 0 aliphatic heterocycles. The molecule has 0 saturated carbocycles. The molecule has 0 aromatic heterocycles. The van der Waals surface area contributed by atoms with Crippen molar-refractivity contribution in [3.63, 3.8) is 0 Å². The Kier molecular flexibility index (Phi) is 8.46. The molecule has 1 unspecified atom stereocenters. The van der Waals surface area contributed by atoms with Crippen molar-refractivity contribution in [1.29, 1.82) is 0 Å². The van der Waals surface area contributed by atoms with Crippen LogP contribution in [-0.4, -0.2) is 30.9 Å². The molecule has 1 atom stereocenters. The van der Waals surface area contributed by atoms with E-state index >= 15 is 0 Å². The Labute approximate surface area is 96.3 Å². The number of rotatable bonds is 8. The molecule has 5 N–H and O–H groups in total. The summed E-state index contributed by atoms with van der Waals surface area (Å²) in [6, 6.07) is -0.435. The third-order valence-electron chi connectivity index (χ3n) is 2.11. The molecule has 0 heterocycles. The number of nitrogens with one attached hydrogen (secondary N) is 3. The quantitative estimate of drug-likeness (QED) is 0.251. The van der Waals surface area contributed by atoms with Crippen LogP contribution in [0.5, 0.6) is 0 Å². The van der Waals surface area contributed by atoms with Crippen molar-refractivity contribution in [2.24, 2.45) is 5.84 Å². The average molecular weight is 230 g/mol. The standard InChI is InChI=1S/C10H22N4O2/c1-3-12-10(16)9(14-8(2)15)6-4-5-7-13-11/h9,13H,3-7,11H2,1-2H3,(H,12,16)(H,14,15). The maximum absolute atomic E-state index is 11.6. The highest BCUT2D eigenvalue weighted by Crippen LogP contribution is 2.01. The zero-order chi connectivity index (χ0) is 12.4. The Morgan fingerprint density at radius 2 is 2.00 bits per heavy atom. The van der Waals surface area contributed by atoms with Crippen LogP contribution in [0.3, 0.4) is 0 Å². The summed E-state index contributed by atoms with van der Waals surface area (Å²) >= 11 is 0. The summed E-state index contributed by atoms with van der Waals surface area (Å²) in [4.78, 5) is 22.5. The first-order chi connectivity index (χ1) is 7.61. The van der Waals surface area contributed by atoms with Crippen LogP contribution in [-0.2, 0) is 9.59 Å². The minimum atomic E-state index is -0.435. The molecule has 0 fully saturated rings. The molecule has 16 heavy (non-hydrogen) atoms. The van der Waals surface area contributed by atoms with Gasteiger partial charge in [-0.05, 0) is 26.2 Å². The number of carbonyl (C=O) groups excluding carboxylic acids is 2. The Hall–Kier alpha value is -1.14. The van der Waals surface area contributed by atoms with E-state index in [2.05, 4.69) is 16.1 Å². The molecule has 0 bridgehead atoms. The van der Waals surface area contributed by atoms with Gasteiger partial charge in [0, 0.05) is 20.0 Å². The topological polar surface area (TPSA) is 96.2 Å². The van der Waals surface area contributed by atoms with E-state index in [1.165, 1.54) is 6.92 Å². The van der Waals surface area contributed by atoms with Gasteiger partial charge in [0.1, 0.15) is 6.04 Å². The number of unbranched alkanes of at least 4 members (excludes halogenated alkanes) is 1. The van der Waals surface area contributed by atoms with Crippen molar-refractivity contribution in [3.05, 3.63) is 0 Å². The van der Waals surface area contributed by atoms with Gasteiger partial charge in [-0.1, -0.05) is 0 Å². The number of likely N-dealkylation sites (N-methyl/N-ethyl adjacent to an activating group) is 1. The van der Waals surface area contributed by atoms with E-state index in [0.29, 0.717) is 19.5 Å². The van der Waals surface area contributed by atoms with Crippen molar-refractivity contribution in [2.75, 3.05) is 13.1 Å². The fourth-order valence-electron chi connectivity index (χ4n) is 1.39. The van der Waals surface area contributed by atoms with Crippen molar-refractivity contribution >= 4 is 11.8 Å². The van der Waals surface area contributed by atoms with Gasteiger partial charge in [0.25, 0.3) is 0 Å². The molecule has 0 spiro atoms. The molecule has 6 heteroatoms. The van der Waals surface area contributed by atoms with Gasteiger partial charge in [0.05, 0.1) is 0 Å². The molecule has 6 nitrogen and oxygen atoms in total. The second-order valence-corrected chi connectivity index (χ2v) is 3.60. The van der Waals surface area contributed by atoms with Crippen LogP contribution in [0.15, 0.2) is 0 Å². The van der Waals surface area contributed by atoms with Gasteiger partial charge in [0.15, 0.2) is 0 Å². The number of hydrazine groups is 1. The Bertz CT molecular complexity index is 221. The van der Waals surface area contributed by atoms with Crippen LogP contribution in [0.1, 0.15) is 33.1 Å². The molecule has 0 aliphatic carbocycles. The zero-order valence-corrected chi connectivity index (χ0v) is 10.0. The van der Waals surface area contributed by atoms with Crippen molar-refractivity contribution < 1.29 is 9.59 Å². The van der Waals surface area contributed by atoms with Crippen LogP contribution >= 0.6 is 0 Å². The summed E-state index contributed by atoms with van der Waals surface area (Å²) in [6.45, 7) is 4.54. The molecule has 0 aromatic carbocycles. The average Bonchev–Trinajstić information content (AvgIpc) is 2.22. The van der Waals surface area contributed by atoms with Crippen molar-refractivity contribution in [2.45, 2.75) is 39.2 Å². The van der Waals surface area contributed by atoms with Crippen LogP contribution in [0.4, 0.5) is 0 Å². The second kappa shape index (κ2) is 9.11. The van der Waals surface area contributed by atoms with E-state index in [4.69, 9.17) is 5.84 Å². The normalized spacial score (nSPS) is 11.9. The Morgan fingerprint density at radius 3 is 2.50 bits per heavy atom. The summed E-state index contributed by atoms with van der Waals surface area (Å²) in [5.41, 5.74) is 2.55. The van der Waals surface area contributed by atoms with Gasteiger partial charge in [-0.25, -0.2) is 0 Å². The highest BCUT2D eigenvalue weighted by molar-refractivity contribution is 5.86.